The standard InChI is InChI=1S/C13H15BrF2N2O/c1-13(2-4-17-5-3-13)12(19)18-11-9(15)6-8(14)7-10(11)16/h6-7,17H,2-5H2,1H3,(H,18,19). The maximum Gasteiger partial charge on any atom is 0.230 e. The van der Waals surface area contributed by atoms with Crippen LogP contribution in [-0.2, 0) is 4.79 Å². The van der Waals surface area contributed by atoms with E-state index in [0.717, 1.165) is 25.2 Å². The molecule has 0 unspecified atom stereocenters. The van der Waals surface area contributed by atoms with Gasteiger partial charge < -0.3 is 10.6 Å². The van der Waals surface area contributed by atoms with Gasteiger partial charge in [-0.3, -0.25) is 4.79 Å². The lowest BCUT2D eigenvalue weighted by molar-refractivity contribution is -0.126. The molecule has 0 spiro atoms. The molecular weight excluding hydrogens is 318 g/mol. The van der Waals surface area contributed by atoms with Gasteiger partial charge in [0.05, 0.1) is 0 Å². The number of hydrogen-bond acceptors (Lipinski definition) is 2. The second-order valence-electron chi connectivity index (χ2n) is 5.01. The zero-order valence-electron chi connectivity index (χ0n) is 10.5. The predicted molar refractivity (Wildman–Crippen MR) is 72.9 cm³/mol. The van der Waals surface area contributed by atoms with Gasteiger partial charge in [0.25, 0.3) is 0 Å². The number of nitrogens with one attached hydrogen (secondary N) is 2. The van der Waals surface area contributed by atoms with Crippen LogP contribution in [-0.4, -0.2) is 19.0 Å². The Morgan fingerprint density at radius 2 is 1.84 bits per heavy atom. The van der Waals surface area contributed by atoms with Gasteiger partial charge in [0.2, 0.25) is 5.91 Å². The zero-order chi connectivity index (χ0) is 14.0. The summed E-state index contributed by atoms with van der Waals surface area (Å²) in [5.41, 5.74) is -0.968. The number of anilines is 1. The van der Waals surface area contributed by atoms with Crippen LogP contribution < -0.4 is 10.6 Å². The molecule has 0 atom stereocenters. The Balaban J connectivity index is 2.19. The Labute approximate surface area is 118 Å². The third-order valence-corrected chi connectivity index (χ3v) is 3.96. The normalized spacial score (nSPS) is 18.1. The highest BCUT2D eigenvalue weighted by Crippen LogP contribution is 2.31. The number of carbonyl (C=O) groups excluding carboxylic acids is 1. The smallest absolute Gasteiger partial charge is 0.230 e. The molecule has 1 amide bonds. The first kappa shape index (κ1) is 14.4. The Hall–Kier alpha value is -1.01. The molecule has 0 aliphatic carbocycles. The summed E-state index contributed by atoms with van der Waals surface area (Å²) in [5.74, 6) is -1.90. The number of piperidine rings is 1. The molecule has 1 saturated heterocycles. The fourth-order valence-corrected chi connectivity index (χ4v) is 2.53. The number of rotatable bonds is 2. The summed E-state index contributed by atoms with van der Waals surface area (Å²) in [4.78, 5) is 12.2. The quantitative estimate of drug-likeness (QED) is 0.873. The lowest BCUT2D eigenvalue weighted by Gasteiger charge is -2.32. The highest BCUT2D eigenvalue weighted by molar-refractivity contribution is 9.10. The summed E-state index contributed by atoms with van der Waals surface area (Å²) in [6.07, 6.45) is 1.30. The van der Waals surface area contributed by atoms with Crippen molar-refractivity contribution < 1.29 is 13.6 Å². The van der Waals surface area contributed by atoms with Crippen LogP contribution in [0.3, 0.4) is 0 Å². The molecule has 0 aromatic heterocycles. The number of benzene rings is 1. The average Bonchev–Trinajstić information content (AvgIpc) is 2.34. The first-order valence-corrected chi connectivity index (χ1v) is 6.88. The molecule has 0 radical (unpaired) electrons. The molecule has 1 aliphatic heterocycles. The van der Waals surface area contributed by atoms with Gasteiger partial charge in [-0.05, 0) is 38.1 Å². The molecule has 1 aromatic carbocycles. The van der Waals surface area contributed by atoms with Gasteiger partial charge in [-0.25, -0.2) is 8.78 Å². The van der Waals surface area contributed by atoms with Crippen molar-refractivity contribution in [2.45, 2.75) is 19.8 Å². The van der Waals surface area contributed by atoms with E-state index in [9.17, 15) is 13.6 Å². The van der Waals surface area contributed by atoms with Crippen molar-refractivity contribution >= 4 is 27.5 Å². The van der Waals surface area contributed by atoms with E-state index in [1.807, 2.05) is 6.92 Å². The molecule has 0 saturated carbocycles. The Kier molecular flexibility index (Phi) is 4.20. The molecule has 1 heterocycles. The molecule has 0 bridgehead atoms. The van der Waals surface area contributed by atoms with E-state index in [-0.39, 0.29) is 11.6 Å². The maximum absolute atomic E-state index is 13.7. The third kappa shape index (κ3) is 3.12. The Morgan fingerprint density at radius 1 is 1.32 bits per heavy atom. The number of halogens is 3. The van der Waals surface area contributed by atoms with Crippen molar-refractivity contribution in [2.75, 3.05) is 18.4 Å². The molecule has 3 nitrogen and oxygen atoms in total. The summed E-state index contributed by atoms with van der Waals surface area (Å²) < 4.78 is 27.6. The molecule has 2 rings (SSSR count). The topological polar surface area (TPSA) is 41.1 Å². The van der Waals surface area contributed by atoms with Gasteiger partial charge in [0, 0.05) is 9.89 Å². The van der Waals surface area contributed by atoms with E-state index in [1.54, 1.807) is 0 Å². The van der Waals surface area contributed by atoms with Gasteiger partial charge in [0.1, 0.15) is 5.69 Å². The maximum atomic E-state index is 13.7. The average molecular weight is 333 g/mol. The summed E-state index contributed by atoms with van der Waals surface area (Å²) in [6, 6.07) is 2.26. The molecule has 104 valence electrons. The van der Waals surface area contributed by atoms with E-state index in [1.165, 1.54) is 0 Å². The largest absolute Gasteiger partial charge is 0.321 e. The van der Waals surface area contributed by atoms with Gasteiger partial charge in [-0.2, -0.15) is 0 Å². The van der Waals surface area contributed by atoms with Crippen LogP contribution in [0.4, 0.5) is 14.5 Å². The van der Waals surface area contributed by atoms with Crippen molar-refractivity contribution in [3.63, 3.8) is 0 Å². The second kappa shape index (κ2) is 5.54. The predicted octanol–water partition coefficient (Wildman–Crippen LogP) is 3.06. The minimum atomic E-state index is -0.780. The van der Waals surface area contributed by atoms with E-state index in [0.29, 0.717) is 17.3 Å². The monoisotopic (exact) mass is 332 g/mol. The van der Waals surface area contributed by atoms with Gasteiger partial charge in [-0.15, -0.1) is 0 Å². The molecule has 2 N–H and O–H groups in total. The fraction of sp³-hybridized carbons (Fsp3) is 0.462. The van der Waals surface area contributed by atoms with Gasteiger partial charge >= 0.3 is 0 Å². The molecule has 1 aromatic rings. The second-order valence-corrected chi connectivity index (χ2v) is 5.92. The van der Waals surface area contributed by atoms with Gasteiger partial charge in [-0.1, -0.05) is 22.9 Å². The zero-order valence-corrected chi connectivity index (χ0v) is 12.1. The third-order valence-electron chi connectivity index (χ3n) is 3.50. The highest BCUT2D eigenvalue weighted by atomic mass is 79.9. The van der Waals surface area contributed by atoms with Crippen LogP contribution in [0.2, 0.25) is 0 Å². The fourth-order valence-electron chi connectivity index (χ4n) is 2.13. The minimum absolute atomic E-state index is 0.300. The number of hydrogen-bond donors (Lipinski definition) is 2. The summed E-state index contributed by atoms with van der Waals surface area (Å²) >= 11 is 3.00. The Morgan fingerprint density at radius 3 is 2.37 bits per heavy atom. The van der Waals surface area contributed by atoms with Crippen molar-refractivity contribution in [3.05, 3.63) is 28.2 Å². The SMILES string of the molecule is CC1(C(=O)Nc2c(F)cc(Br)cc2F)CCNCC1. The molecular formula is C13H15BrF2N2O. The van der Waals surface area contributed by atoms with E-state index in [2.05, 4.69) is 26.6 Å². The highest BCUT2D eigenvalue weighted by Gasteiger charge is 2.35. The van der Waals surface area contributed by atoms with Crippen molar-refractivity contribution in [1.29, 1.82) is 0 Å². The summed E-state index contributed by atoms with van der Waals surface area (Å²) in [6.45, 7) is 3.28. The van der Waals surface area contributed by atoms with Crippen LogP contribution in [0.1, 0.15) is 19.8 Å². The van der Waals surface area contributed by atoms with Crippen LogP contribution in [0.15, 0.2) is 16.6 Å². The molecule has 1 fully saturated rings. The number of amides is 1. The molecule has 6 heteroatoms. The first-order valence-electron chi connectivity index (χ1n) is 6.09. The van der Waals surface area contributed by atoms with Crippen molar-refractivity contribution in [2.24, 2.45) is 5.41 Å². The summed E-state index contributed by atoms with van der Waals surface area (Å²) in [5, 5.41) is 5.53. The lowest BCUT2D eigenvalue weighted by atomic mass is 9.80. The van der Waals surface area contributed by atoms with Crippen molar-refractivity contribution in [1.82, 2.24) is 5.32 Å². The van der Waals surface area contributed by atoms with Crippen LogP contribution in [0.5, 0.6) is 0 Å². The Bertz CT molecular complexity index is 478. The van der Waals surface area contributed by atoms with E-state index < -0.39 is 17.0 Å². The molecule has 19 heavy (non-hydrogen) atoms. The summed E-state index contributed by atoms with van der Waals surface area (Å²) in [7, 11) is 0. The van der Waals surface area contributed by atoms with E-state index in [4.69, 9.17) is 0 Å². The number of carbonyl (C=O) groups is 1. The van der Waals surface area contributed by atoms with Gasteiger partial charge in [0.15, 0.2) is 11.6 Å². The van der Waals surface area contributed by atoms with E-state index >= 15 is 0 Å². The lowest BCUT2D eigenvalue weighted by Crippen LogP contribution is -2.43. The van der Waals surface area contributed by atoms with Crippen LogP contribution >= 0.6 is 15.9 Å². The molecule has 1 aliphatic rings. The van der Waals surface area contributed by atoms with Crippen LogP contribution in [0.25, 0.3) is 0 Å². The van der Waals surface area contributed by atoms with Crippen molar-refractivity contribution in [3.8, 4) is 0 Å². The van der Waals surface area contributed by atoms with Crippen LogP contribution in [0, 0.1) is 17.0 Å². The minimum Gasteiger partial charge on any atom is -0.321 e. The first-order chi connectivity index (χ1) is 8.92.